The predicted octanol–water partition coefficient (Wildman–Crippen LogP) is 1.25. The van der Waals surface area contributed by atoms with Gasteiger partial charge in [-0.25, -0.2) is 9.36 Å². The van der Waals surface area contributed by atoms with Gasteiger partial charge in [0.25, 0.3) is 5.56 Å². The summed E-state index contributed by atoms with van der Waals surface area (Å²) in [4.78, 5) is 24.2. The summed E-state index contributed by atoms with van der Waals surface area (Å²) < 4.78 is 2.80. The summed E-state index contributed by atoms with van der Waals surface area (Å²) >= 11 is 0. The topological polar surface area (TPSA) is 95.8 Å². The van der Waals surface area contributed by atoms with E-state index in [0.717, 1.165) is 39.9 Å². The lowest BCUT2D eigenvalue weighted by molar-refractivity contribution is -0.118. The Balaban J connectivity index is 2.03. The van der Waals surface area contributed by atoms with Gasteiger partial charge < -0.3 is 5.73 Å². The molecule has 0 saturated heterocycles. The average Bonchev–Trinajstić information content (AvgIpc) is 3.29. The summed E-state index contributed by atoms with van der Waals surface area (Å²) in [6.07, 6.45) is 3.76. The molecular weight excluding hydrogens is 306 g/mol. The summed E-state index contributed by atoms with van der Waals surface area (Å²) in [5.74, 6) is -0.269. The Hall–Kier alpha value is -2.96. The van der Waals surface area contributed by atoms with Crippen LogP contribution in [0, 0.1) is 6.92 Å². The van der Waals surface area contributed by atoms with Crippen LogP contribution in [0.3, 0.4) is 0 Å². The number of amides is 1. The summed E-state index contributed by atoms with van der Waals surface area (Å²) in [7, 11) is 0. The van der Waals surface area contributed by atoms with Crippen molar-refractivity contribution in [2.24, 2.45) is 5.73 Å². The minimum absolute atomic E-state index is 0.229. The van der Waals surface area contributed by atoms with Gasteiger partial charge in [-0.3, -0.25) is 9.59 Å². The molecule has 1 aliphatic carbocycles. The minimum atomic E-state index is -0.590. The zero-order valence-electron chi connectivity index (χ0n) is 13.3. The Morgan fingerprint density at radius 1 is 1.33 bits per heavy atom. The van der Waals surface area contributed by atoms with Gasteiger partial charge in [-0.15, -0.1) is 0 Å². The molecule has 0 aliphatic heterocycles. The number of aromatic nitrogens is 4. The Kier molecular flexibility index (Phi) is 3.23. The molecule has 2 N–H and O–H groups in total. The van der Waals surface area contributed by atoms with E-state index in [1.165, 1.54) is 0 Å². The number of nitrogens with two attached hydrogens (primary N) is 1. The first-order valence-corrected chi connectivity index (χ1v) is 7.89. The molecule has 0 bridgehead atoms. The van der Waals surface area contributed by atoms with Crippen LogP contribution in [-0.2, 0) is 11.3 Å². The van der Waals surface area contributed by atoms with E-state index in [2.05, 4.69) is 10.2 Å². The van der Waals surface area contributed by atoms with Crippen LogP contribution in [-0.4, -0.2) is 25.5 Å². The van der Waals surface area contributed by atoms with Crippen molar-refractivity contribution in [1.29, 1.82) is 0 Å². The maximum absolute atomic E-state index is 12.9. The number of benzene rings is 1. The highest BCUT2D eigenvalue weighted by Gasteiger charge is 2.30. The highest BCUT2D eigenvalue weighted by molar-refractivity contribution is 5.83. The molecule has 0 unspecified atom stereocenters. The Morgan fingerprint density at radius 3 is 2.75 bits per heavy atom. The monoisotopic (exact) mass is 323 g/mol. The molecule has 0 atom stereocenters. The van der Waals surface area contributed by atoms with Crippen LogP contribution in [0.1, 0.15) is 30.0 Å². The van der Waals surface area contributed by atoms with Gasteiger partial charge in [-0.1, -0.05) is 18.2 Å². The predicted molar refractivity (Wildman–Crippen MR) is 89.0 cm³/mol. The van der Waals surface area contributed by atoms with Crippen LogP contribution in [0.25, 0.3) is 16.6 Å². The average molecular weight is 323 g/mol. The van der Waals surface area contributed by atoms with Crippen molar-refractivity contribution >= 4 is 16.8 Å². The number of para-hydroxylation sites is 1. The van der Waals surface area contributed by atoms with Gasteiger partial charge in [0.15, 0.2) is 0 Å². The molecule has 7 heteroatoms. The summed E-state index contributed by atoms with van der Waals surface area (Å²) in [6, 6.07) is 7.72. The van der Waals surface area contributed by atoms with Crippen molar-refractivity contribution in [3.05, 3.63) is 52.1 Å². The Bertz CT molecular complexity index is 1010. The van der Waals surface area contributed by atoms with Gasteiger partial charge in [0.05, 0.1) is 17.6 Å². The van der Waals surface area contributed by atoms with E-state index in [0.29, 0.717) is 11.4 Å². The van der Waals surface area contributed by atoms with Crippen molar-refractivity contribution in [1.82, 2.24) is 19.6 Å². The van der Waals surface area contributed by atoms with E-state index in [-0.39, 0.29) is 12.1 Å². The molecule has 24 heavy (non-hydrogen) atoms. The molecule has 2 aromatic heterocycles. The molecule has 2 heterocycles. The number of carbonyl (C=O) groups excluding carboxylic acids is 1. The second-order valence-electron chi connectivity index (χ2n) is 6.19. The molecule has 3 aromatic rings. The van der Waals surface area contributed by atoms with E-state index in [1.807, 2.05) is 31.2 Å². The fourth-order valence-electron chi connectivity index (χ4n) is 2.99. The number of primary amides is 1. The standard InChI is InChI=1S/C17H17N5O2/c1-10-4-2-3-5-13(10)22-16-12(8-19-22)15(11-6-7-11)20-21(17(16)24)9-14(18)23/h2-5,8,11H,6-7,9H2,1H3,(H2,18,23). The highest BCUT2D eigenvalue weighted by Crippen LogP contribution is 2.41. The van der Waals surface area contributed by atoms with Gasteiger partial charge in [-0.05, 0) is 31.4 Å². The molecule has 1 aromatic carbocycles. The second-order valence-corrected chi connectivity index (χ2v) is 6.19. The van der Waals surface area contributed by atoms with Gasteiger partial charge in [0, 0.05) is 11.3 Å². The maximum atomic E-state index is 12.9. The number of rotatable bonds is 4. The third-order valence-corrected chi connectivity index (χ3v) is 4.32. The number of hydrogen-bond acceptors (Lipinski definition) is 4. The number of nitrogens with zero attached hydrogens (tertiary/aromatic N) is 4. The normalized spacial score (nSPS) is 14.2. The molecule has 0 radical (unpaired) electrons. The van der Waals surface area contributed by atoms with Crippen LogP contribution in [0.4, 0.5) is 0 Å². The number of hydrogen-bond donors (Lipinski definition) is 1. The molecule has 1 amide bonds. The molecule has 4 rings (SSSR count). The number of carbonyl (C=O) groups is 1. The fourth-order valence-corrected chi connectivity index (χ4v) is 2.99. The SMILES string of the molecule is Cc1ccccc1-n1ncc2c(C3CC3)nn(CC(N)=O)c(=O)c21. The first-order chi connectivity index (χ1) is 11.6. The smallest absolute Gasteiger partial charge is 0.293 e. The van der Waals surface area contributed by atoms with E-state index < -0.39 is 5.91 Å². The fraction of sp³-hybridized carbons (Fsp3) is 0.294. The molecule has 1 fully saturated rings. The molecule has 1 aliphatic rings. The Labute approximate surface area is 137 Å². The number of fused-ring (bicyclic) bond motifs is 1. The first kappa shape index (κ1) is 14.6. The van der Waals surface area contributed by atoms with Crippen LogP contribution in [0.15, 0.2) is 35.3 Å². The third-order valence-electron chi connectivity index (χ3n) is 4.32. The van der Waals surface area contributed by atoms with Gasteiger partial charge in [0.1, 0.15) is 12.1 Å². The van der Waals surface area contributed by atoms with Crippen LogP contribution >= 0.6 is 0 Å². The van der Waals surface area contributed by atoms with Gasteiger partial charge in [0.2, 0.25) is 5.91 Å². The molecule has 122 valence electrons. The van der Waals surface area contributed by atoms with Crippen molar-refractivity contribution in [2.45, 2.75) is 32.2 Å². The molecule has 7 nitrogen and oxygen atoms in total. The van der Waals surface area contributed by atoms with Crippen molar-refractivity contribution < 1.29 is 4.79 Å². The van der Waals surface area contributed by atoms with Crippen LogP contribution in [0.5, 0.6) is 0 Å². The Morgan fingerprint density at radius 2 is 2.08 bits per heavy atom. The highest BCUT2D eigenvalue weighted by atomic mass is 16.2. The van der Waals surface area contributed by atoms with Gasteiger partial charge >= 0.3 is 0 Å². The molecule has 0 spiro atoms. The van der Waals surface area contributed by atoms with Crippen LogP contribution < -0.4 is 11.3 Å². The summed E-state index contributed by atoms with van der Waals surface area (Å²) in [5, 5.41) is 9.56. The van der Waals surface area contributed by atoms with Crippen LogP contribution in [0.2, 0.25) is 0 Å². The van der Waals surface area contributed by atoms with E-state index >= 15 is 0 Å². The van der Waals surface area contributed by atoms with Crippen molar-refractivity contribution in [2.75, 3.05) is 0 Å². The quantitative estimate of drug-likeness (QED) is 0.781. The zero-order chi connectivity index (χ0) is 16.8. The second kappa shape index (κ2) is 5.30. The van der Waals surface area contributed by atoms with E-state index in [1.54, 1.807) is 10.9 Å². The third kappa shape index (κ3) is 2.29. The van der Waals surface area contributed by atoms with Crippen molar-refractivity contribution in [3.8, 4) is 5.69 Å². The van der Waals surface area contributed by atoms with E-state index in [4.69, 9.17) is 5.73 Å². The lowest BCUT2D eigenvalue weighted by atomic mass is 10.2. The van der Waals surface area contributed by atoms with E-state index in [9.17, 15) is 9.59 Å². The van der Waals surface area contributed by atoms with Crippen molar-refractivity contribution in [3.63, 3.8) is 0 Å². The molecular formula is C17H17N5O2. The molecule has 1 saturated carbocycles. The first-order valence-electron chi connectivity index (χ1n) is 7.89. The summed E-state index contributed by atoms with van der Waals surface area (Å²) in [5.41, 5.74) is 8.03. The maximum Gasteiger partial charge on any atom is 0.293 e. The number of aryl methyl sites for hydroxylation is 1. The largest absolute Gasteiger partial charge is 0.368 e. The summed E-state index contributed by atoms with van der Waals surface area (Å²) in [6.45, 7) is 1.74. The zero-order valence-corrected chi connectivity index (χ0v) is 13.3. The van der Waals surface area contributed by atoms with Gasteiger partial charge in [-0.2, -0.15) is 10.2 Å². The lowest BCUT2D eigenvalue weighted by Gasteiger charge is -2.10. The minimum Gasteiger partial charge on any atom is -0.368 e. The lowest BCUT2D eigenvalue weighted by Crippen LogP contribution is -2.31.